The van der Waals surface area contributed by atoms with Gasteiger partial charge in [-0.25, -0.2) is 0 Å². The first kappa shape index (κ1) is 14.0. The second-order valence-corrected chi connectivity index (χ2v) is 5.22. The first-order valence-corrected chi connectivity index (χ1v) is 6.99. The second-order valence-electron chi connectivity index (χ2n) is 4.79. The maximum atomic E-state index is 6.56. The van der Waals surface area contributed by atoms with Gasteiger partial charge in [0.15, 0.2) is 0 Å². The summed E-state index contributed by atoms with van der Waals surface area (Å²) in [4.78, 5) is 0. The number of hydrogen-bond donors (Lipinski definition) is 0. The van der Waals surface area contributed by atoms with Gasteiger partial charge in [-0.2, -0.15) is 0 Å². The molecule has 2 aromatic rings. The molecule has 0 aliphatic carbocycles. The molecule has 0 N–H and O–H groups in total. The maximum absolute atomic E-state index is 6.56. The van der Waals surface area contributed by atoms with Gasteiger partial charge in [-0.1, -0.05) is 41.5 Å². The third kappa shape index (κ3) is 3.51. The van der Waals surface area contributed by atoms with Crippen LogP contribution in [0.1, 0.15) is 34.6 Å². The molecule has 0 amide bonds. The van der Waals surface area contributed by atoms with Crippen molar-refractivity contribution >= 4 is 11.6 Å². The Balaban J connectivity index is 2.25. The van der Waals surface area contributed by atoms with Crippen molar-refractivity contribution in [2.75, 3.05) is 6.61 Å². The number of alkyl halides is 1. The summed E-state index contributed by atoms with van der Waals surface area (Å²) in [5, 5.41) is -0.116. The Kier molecular flexibility index (Phi) is 4.49. The van der Waals surface area contributed by atoms with Crippen molar-refractivity contribution in [1.29, 1.82) is 0 Å². The average Bonchev–Trinajstić information content (AvgIpc) is 2.38. The van der Waals surface area contributed by atoms with E-state index in [9.17, 15) is 0 Å². The lowest BCUT2D eigenvalue weighted by Crippen LogP contribution is -1.96. The minimum absolute atomic E-state index is 0.116. The lowest BCUT2D eigenvalue weighted by Gasteiger charge is -2.13. The molecule has 0 aliphatic rings. The van der Waals surface area contributed by atoms with E-state index in [0.717, 1.165) is 16.9 Å². The van der Waals surface area contributed by atoms with Crippen molar-refractivity contribution in [3.63, 3.8) is 0 Å². The minimum atomic E-state index is -0.116. The zero-order valence-electron chi connectivity index (χ0n) is 11.6. The molecule has 0 aromatic heterocycles. The Morgan fingerprint density at radius 3 is 2.05 bits per heavy atom. The largest absolute Gasteiger partial charge is 0.494 e. The quantitative estimate of drug-likeness (QED) is 0.711. The SMILES string of the molecule is CCOc1ccc(C(Cl)c2cc(C)cc(C)c2)cc1. The van der Waals surface area contributed by atoms with E-state index in [1.807, 2.05) is 31.2 Å². The number of hydrogen-bond acceptors (Lipinski definition) is 1. The third-order valence-electron chi connectivity index (χ3n) is 3.02. The molecule has 0 heterocycles. The van der Waals surface area contributed by atoms with Gasteiger partial charge < -0.3 is 4.74 Å². The fraction of sp³-hybridized carbons (Fsp3) is 0.294. The molecule has 2 aromatic carbocycles. The molecule has 0 bridgehead atoms. The zero-order chi connectivity index (χ0) is 13.8. The number of rotatable bonds is 4. The Hall–Kier alpha value is -1.47. The van der Waals surface area contributed by atoms with Crippen molar-refractivity contribution in [3.8, 4) is 5.75 Å². The van der Waals surface area contributed by atoms with Gasteiger partial charge in [-0.05, 0) is 44.0 Å². The Morgan fingerprint density at radius 2 is 1.53 bits per heavy atom. The summed E-state index contributed by atoms with van der Waals surface area (Å²) < 4.78 is 5.44. The molecule has 1 atom stereocenters. The summed E-state index contributed by atoms with van der Waals surface area (Å²) in [7, 11) is 0. The predicted molar refractivity (Wildman–Crippen MR) is 81.2 cm³/mol. The summed E-state index contributed by atoms with van der Waals surface area (Å²) in [6.45, 7) is 6.85. The van der Waals surface area contributed by atoms with Gasteiger partial charge in [0.25, 0.3) is 0 Å². The van der Waals surface area contributed by atoms with Crippen LogP contribution in [0.2, 0.25) is 0 Å². The van der Waals surface area contributed by atoms with Crippen LogP contribution < -0.4 is 4.74 Å². The summed E-state index contributed by atoms with van der Waals surface area (Å²) in [6.07, 6.45) is 0. The highest BCUT2D eigenvalue weighted by Crippen LogP contribution is 2.31. The molecular formula is C17H19ClO. The zero-order valence-corrected chi connectivity index (χ0v) is 12.4. The average molecular weight is 275 g/mol. The normalized spacial score (nSPS) is 12.2. The van der Waals surface area contributed by atoms with Crippen molar-refractivity contribution in [2.45, 2.75) is 26.1 Å². The van der Waals surface area contributed by atoms with E-state index in [-0.39, 0.29) is 5.38 Å². The molecule has 0 saturated heterocycles. The van der Waals surface area contributed by atoms with E-state index >= 15 is 0 Å². The maximum Gasteiger partial charge on any atom is 0.119 e. The fourth-order valence-corrected chi connectivity index (χ4v) is 2.52. The number of aryl methyl sites for hydroxylation is 2. The van der Waals surface area contributed by atoms with E-state index < -0.39 is 0 Å². The summed E-state index contributed by atoms with van der Waals surface area (Å²) in [6, 6.07) is 14.4. The molecule has 0 fully saturated rings. The summed E-state index contributed by atoms with van der Waals surface area (Å²) in [5.41, 5.74) is 4.72. The van der Waals surface area contributed by atoms with Gasteiger partial charge >= 0.3 is 0 Å². The highest BCUT2D eigenvalue weighted by Gasteiger charge is 2.11. The smallest absolute Gasteiger partial charge is 0.119 e. The minimum Gasteiger partial charge on any atom is -0.494 e. The van der Waals surface area contributed by atoms with Crippen molar-refractivity contribution in [2.24, 2.45) is 0 Å². The first-order chi connectivity index (χ1) is 9.10. The molecule has 1 nitrogen and oxygen atoms in total. The standard InChI is InChI=1S/C17H19ClO/c1-4-19-16-7-5-14(6-8-16)17(18)15-10-12(2)9-13(3)11-15/h5-11,17H,4H2,1-3H3. The highest BCUT2D eigenvalue weighted by molar-refractivity contribution is 6.22. The first-order valence-electron chi connectivity index (χ1n) is 6.55. The van der Waals surface area contributed by atoms with E-state index in [4.69, 9.17) is 16.3 Å². The van der Waals surface area contributed by atoms with Crippen LogP contribution in [0.25, 0.3) is 0 Å². The van der Waals surface area contributed by atoms with Crippen LogP contribution in [0.15, 0.2) is 42.5 Å². The number of halogens is 1. The molecule has 0 saturated carbocycles. The number of ether oxygens (including phenoxy) is 1. The molecule has 0 spiro atoms. The Morgan fingerprint density at radius 1 is 0.947 bits per heavy atom. The van der Waals surface area contributed by atoms with Crippen LogP contribution in [0.4, 0.5) is 0 Å². The topological polar surface area (TPSA) is 9.23 Å². The second kappa shape index (κ2) is 6.12. The van der Waals surface area contributed by atoms with E-state index in [0.29, 0.717) is 6.61 Å². The lowest BCUT2D eigenvalue weighted by atomic mass is 10.0. The van der Waals surface area contributed by atoms with Gasteiger partial charge in [0.2, 0.25) is 0 Å². The molecule has 0 radical (unpaired) electrons. The van der Waals surface area contributed by atoms with Gasteiger partial charge in [-0.15, -0.1) is 11.6 Å². The lowest BCUT2D eigenvalue weighted by molar-refractivity contribution is 0.340. The molecule has 1 unspecified atom stereocenters. The van der Waals surface area contributed by atoms with Crippen LogP contribution in [-0.2, 0) is 0 Å². The predicted octanol–water partition coefficient (Wildman–Crippen LogP) is 5.03. The van der Waals surface area contributed by atoms with E-state index in [1.165, 1.54) is 11.1 Å². The van der Waals surface area contributed by atoms with Crippen molar-refractivity contribution < 1.29 is 4.74 Å². The monoisotopic (exact) mass is 274 g/mol. The van der Waals surface area contributed by atoms with Crippen LogP contribution >= 0.6 is 11.6 Å². The Labute approximate surface area is 120 Å². The molecule has 2 heteroatoms. The third-order valence-corrected chi connectivity index (χ3v) is 3.52. The molecule has 19 heavy (non-hydrogen) atoms. The van der Waals surface area contributed by atoms with Gasteiger partial charge in [-0.3, -0.25) is 0 Å². The molecule has 0 aliphatic heterocycles. The van der Waals surface area contributed by atoms with Crippen LogP contribution in [0.3, 0.4) is 0 Å². The highest BCUT2D eigenvalue weighted by atomic mass is 35.5. The van der Waals surface area contributed by atoms with Crippen LogP contribution in [0, 0.1) is 13.8 Å². The van der Waals surface area contributed by atoms with Gasteiger partial charge in [0.1, 0.15) is 5.75 Å². The van der Waals surface area contributed by atoms with Crippen LogP contribution in [-0.4, -0.2) is 6.61 Å². The van der Waals surface area contributed by atoms with Crippen LogP contribution in [0.5, 0.6) is 5.75 Å². The Bertz CT molecular complexity index is 525. The van der Waals surface area contributed by atoms with Gasteiger partial charge in [0.05, 0.1) is 12.0 Å². The van der Waals surface area contributed by atoms with Gasteiger partial charge in [0, 0.05) is 0 Å². The summed E-state index contributed by atoms with van der Waals surface area (Å²) in [5.74, 6) is 0.885. The van der Waals surface area contributed by atoms with Crippen molar-refractivity contribution in [3.05, 3.63) is 64.7 Å². The molecule has 2 rings (SSSR count). The molecule has 100 valence electrons. The molecular weight excluding hydrogens is 256 g/mol. The van der Waals surface area contributed by atoms with Crippen molar-refractivity contribution in [1.82, 2.24) is 0 Å². The number of benzene rings is 2. The fourth-order valence-electron chi connectivity index (χ4n) is 2.25. The van der Waals surface area contributed by atoms with E-state index in [2.05, 4.69) is 32.0 Å². The van der Waals surface area contributed by atoms with E-state index in [1.54, 1.807) is 0 Å². The summed E-state index contributed by atoms with van der Waals surface area (Å²) >= 11 is 6.56.